The van der Waals surface area contributed by atoms with Crippen molar-refractivity contribution in [2.75, 3.05) is 37.3 Å². The van der Waals surface area contributed by atoms with Crippen molar-refractivity contribution in [2.45, 2.75) is 19.0 Å². The first-order valence-corrected chi connectivity index (χ1v) is 9.15. The summed E-state index contributed by atoms with van der Waals surface area (Å²) in [4.78, 5) is 29.5. The summed E-state index contributed by atoms with van der Waals surface area (Å²) in [6.07, 6.45) is 5.14. The topological polar surface area (TPSA) is 62.2 Å². The van der Waals surface area contributed by atoms with Gasteiger partial charge in [-0.15, -0.1) is 0 Å². The fraction of sp³-hybridized carbons (Fsp3) is 0.412. The summed E-state index contributed by atoms with van der Waals surface area (Å²) in [5.74, 6) is 0.00407. The van der Waals surface area contributed by atoms with Gasteiger partial charge in [0.25, 0.3) is 5.91 Å². The molecule has 3 heterocycles. The number of anilines is 1. The van der Waals surface area contributed by atoms with Crippen molar-refractivity contribution < 1.29 is 4.79 Å². The normalized spacial score (nSPS) is 14.8. The van der Waals surface area contributed by atoms with Gasteiger partial charge in [0, 0.05) is 55.6 Å². The summed E-state index contributed by atoms with van der Waals surface area (Å²) >= 11 is 1.47. The molecular formula is C17H21N5OS. The number of carbonyl (C=O) groups excluding carboxylic acids is 1. The van der Waals surface area contributed by atoms with Gasteiger partial charge in [0.05, 0.1) is 5.56 Å². The number of aryl methyl sites for hydroxylation is 2. The number of aromatic nitrogens is 3. The second kappa shape index (κ2) is 7.17. The summed E-state index contributed by atoms with van der Waals surface area (Å²) in [6, 6.07) is 4.19. The Balaban J connectivity index is 1.64. The minimum Gasteiger partial charge on any atom is -0.368 e. The van der Waals surface area contributed by atoms with Crippen LogP contribution in [0.15, 0.2) is 29.7 Å². The van der Waals surface area contributed by atoms with E-state index in [1.54, 1.807) is 12.4 Å². The molecule has 0 aromatic carbocycles. The Bertz CT molecular complexity index is 706. The van der Waals surface area contributed by atoms with Crippen molar-refractivity contribution in [2.24, 2.45) is 0 Å². The number of piperazine rings is 1. The van der Waals surface area contributed by atoms with Crippen LogP contribution in [0.3, 0.4) is 0 Å². The van der Waals surface area contributed by atoms with Crippen molar-refractivity contribution >= 4 is 23.4 Å². The van der Waals surface area contributed by atoms with Crippen molar-refractivity contribution in [3.8, 4) is 0 Å². The predicted octanol–water partition coefficient (Wildman–Crippen LogP) is 2.17. The van der Waals surface area contributed by atoms with E-state index in [-0.39, 0.29) is 5.91 Å². The van der Waals surface area contributed by atoms with Gasteiger partial charge in [-0.3, -0.25) is 9.78 Å². The Hall–Kier alpha value is -2.15. The number of amides is 1. The zero-order valence-corrected chi connectivity index (χ0v) is 15.0. The predicted molar refractivity (Wildman–Crippen MR) is 95.6 cm³/mol. The average Bonchev–Trinajstić information content (AvgIpc) is 2.60. The molecule has 0 saturated carbocycles. The van der Waals surface area contributed by atoms with Gasteiger partial charge < -0.3 is 9.80 Å². The zero-order chi connectivity index (χ0) is 17.1. The van der Waals surface area contributed by atoms with Crippen LogP contribution in [0.25, 0.3) is 0 Å². The second-order valence-electron chi connectivity index (χ2n) is 5.85. The molecule has 126 valence electrons. The molecule has 1 amide bonds. The van der Waals surface area contributed by atoms with Gasteiger partial charge in [-0.2, -0.15) is 0 Å². The molecule has 0 bridgehead atoms. The standard InChI is InChI=1S/C17H21N5OS/c1-12-8-15(9-13(2)20-12)21-4-6-22(7-5-21)16(23)14-10-18-17(24-3)19-11-14/h8-11H,4-7H2,1-3H3. The van der Waals surface area contributed by atoms with E-state index in [1.165, 1.54) is 17.4 Å². The third kappa shape index (κ3) is 3.67. The quantitative estimate of drug-likeness (QED) is 0.629. The van der Waals surface area contributed by atoms with Crippen LogP contribution < -0.4 is 4.90 Å². The van der Waals surface area contributed by atoms with E-state index in [4.69, 9.17) is 0 Å². The van der Waals surface area contributed by atoms with Gasteiger partial charge >= 0.3 is 0 Å². The van der Waals surface area contributed by atoms with E-state index in [2.05, 4.69) is 32.0 Å². The van der Waals surface area contributed by atoms with E-state index in [9.17, 15) is 4.79 Å². The molecule has 1 fully saturated rings. The number of hydrogen-bond acceptors (Lipinski definition) is 6. The van der Waals surface area contributed by atoms with Crippen LogP contribution in [0.4, 0.5) is 5.69 Å². The van der Waals surface area contributed by atoms with Gasteiger partial charge in [0.1, 0.15) is 0 Å². The lowest BCUT2D eigenvalue weighted by atomic mass is 10.2. The molecule has 0 spiro atoms. The van der Waals surface area contributed by atoms with Crippen molar-refractivity contribution in [1.29, 1.82) is 0 Å². The molecule has 1 saturated heterocycles. The fourth-order valence-electron chi connectivity index (χ4n) is 2.88. The van der Waals surface area contributed by atoms with E-state index < -0.39 is 0 Å². The number of nitrogens with zero attached hydrogens (tertiary/aromatic N) is 5. The van der Waals surface area contributed by atoms with Gasteiger partial charge in [-0.05, 0) is 32.2 Å². The highest BCUT2D eigenvalue weighted by Gasteiger charge is 2.23. The first-order chi connectivity index (χ1) is 11.6. The fourth-order valence-corrected chi connectivity index (χ4v) is 3.19. The molecule has 0 aliphatic carbocycles. The lowest BCUT2D eigenvalue weighted by Gasteiger charge is -2.36. The lowest BCUT2D eigenvalue weighted by molar-refractivity contribution is 0.0745. The SMILES string of the molecule is CSc1ncc(C(=O)N2CCN(c3cc(C)nc(C)c3)CC2)cn1. The molecule has 0 radical (unpaired) electrons. The van der Waals surface area contributed by atoms with Crippen molar-refractivity contribution in [3.05, 3.63) is 41.5 Å². The van der Waals surface area contributed by atoms with Crippen LogP contribution in [0.2, 0.25) is 0 Å². The Labute approximate surface area is 146 Å². The maximum Gasteiger partial charge on any atom is 0.257 e. The summed E-state index contributed by atoms with van der Waals surface area (Å²) < 4.78 is 0. The molecule has 7 heteroatoms. The Morgan fingerprint density at radius 3 is 2.17 bits per heavy atom. The molecule has 0 N–H and O–H groups in total. The van der Waals surface area contributed by atoms with Crippen LogP contribution in [0.1, 0.15) is 21.7 Å². The Morgan fingerprint density at radius 1 is 1.04 bits per heavy atom. The molecule has 1 aliphatic rings. The van der Waals surface area contributed by atoms with E-state index in [1.807, 2.05) is 25.0 Å². The summed E-state index contributed by atoms with van der Waals surface area (Å²) in [5.41, 5.74) is 3.78. The molecular weight excluding hydrogens is 322 g/mol. The zero-order valence-electron chi connectivity index (χ0n) is 14.2. The maximum absolute atomic E-state index is 12.6. The first-order valence-electron chi connectivity index (χ1n) is 7.92. The number of carbonyl (C=O) groups is 1. The Morgan fingerprint density at radius 2 is 1.62 bits per heavy atom. The number of rotatable bonds is 3. The Kier molecular flexibility index (Phi) is 4.99. The van der Waals surface area contributed by atoms with E-state index >= 15 is 0 Å². The summed E-state index contributed by atoms with van der Waals surface area (Å²) in [6.45, 7) is 7.05. The third-order valence-corrected chi connectivity index (χ3v) is 4.63. The minimum atomic E-state index is 0.00407. The van der Waals surface area contributed by atoms with Crippen LogP contribution in [0, 0.1) is 13.8 Å². The number of hydrogen-bond donors (Lipinski definition) is 0. The van der Waals surface area contributed by atoms with Gasteiger partial charge in [0.2, 0.25) is 0 Å². The molecule has 2 aromatic heterocycles. The number of thioether (sulfide) groups is 1. The van der Waals surface area contributed by atoms with Crippen LogP contribution in [0.5, 0.6) is 0 Å². The number of pyridine rings is 1. The highest BCUT2D eigenvalue weighted by Crippen LogP contribution is 2.19. The average molecular weight is 343 g/mol. The molecule has 3 rings (SSSR count). The minimum absolute atomic E-state index is 0.00407. The van der Waals surface area contributed by atoms with Gasteiger partial charge in [-0.25, -0.2) is 9.97 Å². The lowest BCUT2D eigenvalue weighted by Crippen LogP contribution is -2.48. The summed E-state index contributed by atoms with van der Waals surface area (Å²) in [5, 5.41) is 0.680. The van der Waals surface area contributed by atoms with Gasteiger partial charge in [0.15, 0.2) is 5.16 Å². The van der Waals surface area contributed by atoms with E-state index in [0.29, 0.717) is 23.8 Å². The van der Waals surface area contributed by atoms with Crippen LogP contribution in [-0.2, 0) is 0 Å². The largest absolute Gasteiger partial charge is 0.368 e. The van der Waals surface area contributed by atoms with E-state index in [0.717, 1.165) is 24.5 Å². The van der Waals surface area contributed by atoms with Crippen LogP contribution >= 0.6 is 11.8 Å². The summed E-state index contributed by atoms with van der Waals surface area (Å²) in [7, 11) is 0. The highest BCUT2D eigenvalue weighted by atomic mass is 32.2. The smallest absolute Gasteiger partial charge is 0.257 e. The van der Waals surface area contributed by atoms with Gasteiger partial charge in [-0.1, -0.05) is 11.8 Å². The highest BCUT2D eigenvalue weighted by molar-refractivity contribution is 7.98. The molecule has 24 heavy (non-hydrogen) atoms. The van der Waals surface area contributed by atoms with Crippen molar-refractivity contribution in [3.63, 3.8) is 0 Å². The van der Waals surface area contributed by atoms with Crippen LogP contribution in [-0.4, -0.2) is 58.2 Å². The molecule has 6 nitrogen and oxygen atoms in total. The third-order valence-electron chi connectivity index (χ3n) is 4.06. The first kappa shape index (κ1) is 16.7. The molecule has 1 aliphatic heterocycles. The second-order valence-corrected chi connectivity index (χ2v) is 6.62. The maximum atomic E-state index is 12.6. The molecule has 0 atom stereocenters. The van der Waals surface area contributed by atoms with Crippen molar-refractivity contribution in [1.82, 2.24) is 19.9 Å². The monoisotopic (exact) mass is 343 g/mol. The molecule has 2 aromatic rings. The molecule has 0 unspecified atom stereocenters.